The van der Waals surface area contributed by atoms with E-state index in [1.54, 1.807) is 0 Å². The Labute approximate surface area is 116 Å². The summed E-state index contributed by atoms with van der Waals surface area (Å²) in [5, 5.41) is 6.01. The second kappa shape index (κ2) is 7.19. The normalized spacial score (nSPS) is 18.6. The number of carbonyl (C=O) groups excluding carboxylic acids is 1. The second-order valence-corrected chi connectivity index (χ2v) is 4.88. The van der Waals surface area contributed by atoms with Gasteiger partial charge in [-0.05, 0) is 44.0 Å². The van der Waals surface area contributed by atoms with E-state index in [0.717, 1.165) is 38.1 Å². The Bertz CT molecular complexity index is 462. The highest BCUT2D eigenvalue weighted by molar-refractivity contribution is 5.77. The van der Waals surface area contributed by atoms with E-state index in [1.807, 2.05) is 0 Å². The van der Waals surface area contributed by atoms with Gasteiger partial charge in [0.1, 0.15) is 5.82 Å². The molecular formula is C14H18F2N2O2. The molecule has 0 aliphatic carbocycles. The van der Waals surface area contributed by atoms with Crippen molar-refractivity contribution in [2.24, 2.45) is 5.92 Å². The number of ether oxygens (including phenoxy) is 1. The van der Waals surface area contributed by atoms with Crippen LogP contribution in [-0.2, 0) is 4.79 Å². The number of amides is 1. The molecule has 20 heavy (non-hydrogen) atoms. The topological polar surface area (TPSA) is 50.4 Å². The summed E-state index contributed by atoms with van der Waals surface area (Å²) in [6.07, 6.45) is 2.19. The largest absolute Gasteiger partial charge is 0.481 e. The molecule has 4 nitrogen and oxygen atoms in total. The van der Waals surface area contributed by atoms with Gasteiger partial charge in [-0.1, -0.05) is 0 Å². The van der Waals surface area contributed by atoms with E-state index >= 15 is 0 Å². The zero-order valence-corrected chi connectivity index (χ0v) is 11.1. The number of hydrogen-bond donors (Lipinski definition) is 2. The maximum atomic E-state index is 13.3. The van der Waals surface area contributed by atoms with Crippen LogP contribution in [0.4, 0.5) is 8.78 Å². The van der Waals surface area contributed by atoms with Crippen LogP contribution in [0.25, 0.3) is 0 Å². The van der Waals surface area contributed by atoms with E-state index in [2.05, 4.69) is 10.6 Å². The van der Waals surface area contributed by atoms with Crippen molar-refractivity contribution >= 4 is 5.91 Å². The predicted octanol–water partition coefficient (Wildman–Crippen LogP) is 1.46. The lowest BCUT2D eigenvalue weighted by atomic mass is 10.00. The molecule has 0 bridgehead atoms. The van der Waals surface area contributed by atoms with Crippen LogP contribution in [0, 0.1) is 17.6 Å². The van der Waals surface area contributed by atoms with Crippen LogP contribution in [-0.4, -0.2) is 32.1 Å². The number of carbonyl (C=O) groups is 1. The maximum absolute atomic E-state index is 13.3. The highest BCUT2D eigenvalue weighted by Crippen LogP contribution is 2.17. The Kier molecular flexibility index (Phi) is 5.29. The molecule has 1 amide bonds. The number of halogens is 2. The van der Waals surface area contributed by atoms with Gasteiger partial charge in [0.2, 0.25) is 0 Å². The van der Waals surface area contributed by atoms with Crippen molar-refractivity contribution in [2.75, 3.05) is 26.2 Å². The monoisotopic (exact) mass is 284 g/mol. The summed E-state index contributed by atoms with van der Waals surface area (Å²) in [5.41, 5.74) is 0. The average molecular weight is 284 g/mol. The summed E-state index contributed by atoms with van der Waals surface area (Å²) in [6, 6.07) is 2.98. The van der Waals surface area contributed by atoms with E-state index < -0.39 is 11.6 Å². The summed E-state index contributed by atoms with van der Waals surface area (Å²) in [4.78, 5) is 11.6. The molecule has 1 aromatic rings. The minimum Gasteiger partial charge on any atom is -0.481 e. The third-order valence-electron chi connectivity index (χ3n) is 3.24. The van der Waals surface area contributed by atoms with Crippen molar-refractivity contribution < 1.29 is 18.3 Å². The van der Waals surface area contributed by atoms with E-state index in [-0.39, 0.29) is 18.3 Å². The highest BCUT2D eigenvalue weighted by atomic mass is 19.1. The molecule has 1 fully saturated rings. The Morgan fingerprint density at radius 3 is 3.00 bits per heavy atom. The SMILES string of the molecule is O=C(COc1ccc(F)cc1F)NCC1CCCNC1. The molecule has 0 radical (unpaired) electrons. The van der Waals surface area contributed by atoms with Gasteiger partial charge in [-0.2, -0.15) is 0 Å². The van der Waals surface area contributed by atoms with Crippen LogP contribution in [0.15, 0.2) is 18.2 Å². The molecule has 0 saturated carbocycles. The van der Waals surface area contributed by atoms with Gasteiger partial charge in [0.15, 0.2) is 18.2 Å². The molecule has 2 rings (SSSR count). The Morgan fingerprint density at radius 1 is 1.45 bits per heavy atom. The quantitative estimate of drug-likeness (QED) is 0.860. The zero-order chi connectivity index (χ0) is 14.4. The average Bonchev–Trinajstić information content (AvgIpc) is 2.45. The first-order valence-corrected chi connectivity index (χ1v) is 6.70. The molecule has 110 valence electrons. The summed E-state index contributed by atoms with van der Waals surface area (Å²) in [7, 11) is 0. The van der Waals surface area contributed by atoms with Gasteiger partial charge in [0.25, 0.3) is 5.91 Å². The smallest absolute Gasteiger partial charge is 0.257 e. The lowest BCUT2D eigenvalue weighted by Gasteiger charge is -2.22. The van der Waals surface area contributed by atoms with Gasteiger partial charge in [0, 0.05) is 12.6 Å². The summed E-state index contributed by atoms with van der Waals surface area (Å²) in [6.45, 7) is 2.23. The first kappa shape index (κ1) is 14.7. The fourth-order valence-electron chi connectivity index (χ4n) is 2.14. The minimum absolute atomic E-state index is 0.124. The molecule has 1 atom stereocenters. The lowest BCUT2D eigenvalue weighted by molar-refractivity contribution is -0.123. The van der Waals surface area contributed by atoms with Crippen LogP contribution < -0.4 is 15.4 Å². The Balaban J connectivity index is 1.71. The van der Waals surface area contributed by atoms with Gasteiger partial charge in [0.05, 0.1) is 0 Å². The Morgan fingerprint density at radius 2 is 2.30 bits per heavy atom. The fourth-order valence-corrected chi connectivity index (χ4v) is 2.14. The number of benzene rings is 1. The minimum atomic E-state index is -0.811. The summed E-state index contributed by atoms with van der Waals surface area (Å²) < 4.78 is 31.0. The molecule has 1 saturated heterocycles. The second-order valence-electron chi connectivity index (χ2n) is 4.88. The highest BCUT2D eigenvalue weighted by Gasteiger charge is 2.14. The summed E-state index contributed by atoms with van der Waals surface area (Å²) in [5.74, 6) is -1.49. The molecule has 1 aromatic carbocycles. The van der Waals surface area contributed by atoms with Crippen molar-refractivity contribution in [3.63, 3.8) is 0 Å². The van der Waals surface area contributed by atoms with Crippen LogP contribution >= 0.6 is 0 Å². The zero-order valence-electron chi connectivity index (χ0n) is 11.1. The first-order valence-electron chi connectivity index (χ1n) is 6.70. The predicted molar refractivity (Wildman–Crippen MR) is 70.5 cm³/mol. The lowest BCUT2D eigenvalue weighted by Crippen LogP contribution is -2.39. The Hall–Kier alpha value is -1.69. The van der Waals surface area contributed by atoms with Crippen LogP contribution in [0.3, 0.4) is 0 Å². The standard InChI is InChI=1S/C14H18F2N2O2/c15-11-3-4-13(12(16)6-11)20-9-14(19)18-8-10-2-1-5-17-7-10/h3-4,6,10,17H,1-2,5,7-9H2,(H,18,19). The van der Waals surface area contributed by atoms with E-state index in [1.165, 1.54) is 6.07 Å². The first-order chi connectivity index (χ1) is 9.65. The van der Waals surface area contributed by atoms with Crippen LogP contribution in [0.2, 0.25) is 0 Å². The van der Waals surface area contributed by atoms with Crippen molar-refractivity contribution in [2.45, 2.75) is 12.8 Å². The van der Waals surface area contributed by atoms with E-state index in [4.69, 9.17) is 4.74 Å². The van der Waals surface area contributed by atoms with E-state index in [9.17, 15) is 13.6 Å². The number of piperidine rings is 1. The molecular weight excluding hydrogens is 266 g/mol. The number of rotatable bonds is 5. The molecule has 1 aliphatic rings. The van der Waals surface area contributed by atoms with Crippen molar-refractivity contribution in [3.05, 3.63) is 29.8 Å². The van der Waals surface area contributed by atoms with Gasteiger partial charge in [-0.25, -0.2) is 8.78 Å². The molecule has 0 spiro atoms. The van der Waals surface area contributed by atoms with Gasteiger partial charge in [-0.15, -0.1) is 0 Å². The fraction of sp³-hybridized carbons (Fsp3) is 0.500. The molecule has 2 N–H and O–H groups in total. The maximum Gasteiger partial charge on any atom is 0.257 e. The molecule has 1 unspecified atom stereocenters. The van der Waals surface area contributed by atoms with Gasteiger partial charge >= 0.3 is 0 Å². The summed E-state index contributed by atoms with van der Waals surface area (Å²) >= 11 is 0. The van der Waals surface area contributed by atoms with Crippen molar-refractivity contribution in [1.82, 2.24) is 10.6 Å². The third-order valence-corrected chi connectivity index (χ3v) is 3.24. The molecule has 0 aromatic heterocycles. The number of hydrogen-bond acceptors (Lipinski definition) is 3. The molecule has 1 aliphatic heterocycles. The van der Waals surface area contributed by atoms with Crippen LogP contribution in [0.5, 0.6) is 5.75 Å². The van der Waals surface area contributed by atoms with Crippen LogP contribution in [0.1, 0.15) is 12.8 Å². The van der Waals surface area contributed by atoms with Gasteiger partial charge < -0.3 is 15.4 Å². The van der Waals surface area contributed by atoms with Gasteiger partial charge in [-0.3, -0.25) is 4.79 Å². The molecule has 6 heteroatoms. The molecule has 1 heterocycles. The number of nitrogens with one attached hydrogen (secondary N) is 2. The van der Waals surface area contributed by atoms with E-state index in [0.29, 0.717) is 12.5 Å². The third kappa shape index (κ3) is 4.45. The van der Waals surface area contributed by atoms with Crippen molar-refractivity contribution in [3.8, 4) is 5.75 Å². The van der Waals surface area contributed by atoms with Crippen molar-refractivity contribution in [1.29, 1.82) is 0 Å².